The van der Waals surface area contributed by atoms with Gasteiger partial charge >= 0.3 is 5.97 Å². The summed E-state index contributed by atoms with van der Waals surface area (Å²) in [5.41, 5.74) is 1.97. The minimum atomic E-state index is -0.964. The maximum absolute atomic E-state index is 10.4. The van der Waals surface area contributed by atoms with E-state index in [0.29, 0.717) is 13.2 Å². The van der Waals surface area contributed by atoms with E-state index in [0.717, 1.165) is 28.7 Å². The fourth-order valence-electron chi connectivity index (χ4n) is 1.87. The van der Waals surface area contributed by atoms with Crippen molar-refractivity contribution in [2.75, 3.05) is 13.2 Å². The number of carboxylic acid groups (broad SMARTS) is 1. The van der Waals surface area contributed by atoms with Crippen LogP contribution in [0.25, 0.3) is 6.08 Å². The summed E-state index contributed by atoms with van der Waals surface area (Å²) in [5, 5.41) is 8.56. The summed E-state index contributed by atoms with van der Waals surface area (Å²) in [6.45, 7) is 2.92. The fraction of sp³-hybridized carbons (Fsp3) is 0.167. The average molecular weight is 298 g/mol. The van der Waals surface area contributed by atoms with E-state index in [1.807, 2.05) is 31.2 Å². The Hall–Kier alpha value is -2.75. The van der Waals surface area contributed by atoms with Gasteiger partial charge < -0.3 is 14.6 Å². The Morgan fingerprint density at radius 3 is 2.36 bits per heavy atom. The summed E-state index contributed by atoms with van der Waals surface area (Å²) in [4.78, 5) is 10.4. The van der Waals surface area contributed by atoms with Crippen molar-refractivity contribution in [1.29, 1.82) is 0 Å². The quantitative estimate of drug-likeness (QED) is 0.627. The number of aryl methyl sites for hydroxylation is 1. The molecule has 0 saturated carbocycles. The molecule has 2 aromatic rings. The molecule has 0 fully saturated rings. The van der Waals surface area contributed by atoms with Crippen molar-refractivity contribution >= 4 is 12.0 Å². The molecule has 0 amide bonds. The van der Waals surface area contributed by atoms with E-state index in [-0.39, 0.29) is 0 Å². The Labute approximate surface area is 129 Å². The normalized spacial score (nSPS) is 10.6. The van der Waals surface area contributed by atoms with E-state index in [2.05, 4.69) is 0 Å². The number of benzene rings is 2. The van der Waals surface area contributed by atoms with Gasteiger partial charge in [-0.3, -0.25) is 0 Å². The van der Waals surface area contributed by atoms with E-state index in [4.69, 9.17) is 14.6 Å². The number of hydrogen-bond donors (Lipinski definition) is 1. The molecule has 4 nitrogen and oxygen atoms in total. The lowest BCUT2D eigenvalue weighted by Gasteiger charge is -2.09. The zero-order valence-corrected chi connectivity index (χ0v) is 12.4. The van der Waals surface area contributed by atoms with Gasteiger partial charge in [0.25, 0.3) is 0 Å². The van der Waals surface area contributed by atoms with Gasteiger partial charge in [0.15, 0.2) is 0 Å². The molecule has 0 aliphatic carbocycles. The van der Waals surface area contributed by atoms with Crippen molar-refractivity contribution in [2.24, 2.45) is 0 Å². The van der Waals surface area contributed by atoms with Crippen molar-refractivity contribution in [3.05, 3.63) is 65.7 Å². The Morgan fingerprint density at radius 1 is 1.05 bits per heavy atom. The van der Waals surface area contributed by atoms with Crippen LogP contribution in [0.3, 0.4) is 0 Å². The number of carbonyl (C=O) groups is 1. The molecule has 0 atom stereocenters. The van der Waals surface area contributed by atoms with Crippen LogP contribution in [-0.4, -0.2) is 24.3 Å². The van der Waals surface area contributed by atoms with E-state index < -0.39 is 5.97 Å². The highest BCUT2D eigenvalue weighted by Gasteiger charge is 1.97. The standard InChI is InChI=1S/C18H18O4/c1-14-3-2-4-17(13-14)22-12-11-21-16-8-5-15(6-9-16)7-10-18(19)20/h2-10,13H,11-12H2,1H3,(H,19,20)/b10-7-. The van der Waals surface area contributed by atoms with Crippen LogP contribution in [0.15, 0.2) is 54.6 Å². The number of hydrogen-bond acceptors (Lipinski definition) is 3. The molecule has 114 valence electrons. The largest absolute Gasteiger partial charge is 0.490 e. The Kier molecular flexibility index (Phi) is 5.60. The lowest BCUT2D eigenvalue weighted by Crippen LogP contribution is -2.08. The first-order valence-corrected chi connectivity index (χ1v) is 6.97. The van der Waals surface area contributed by atoms with Gasteiger partial charge in [0.1, 0.15) is 24.7 Å². The van der Waals surface area contributed by atoms with Crippen LogP contribution in [0.1, 0.15) is 11.1 Å². The Bertz CT molecular complexity index is 644. The number of ether oxygens (including phenoxy) is 2. The molecular weight excluding hydrogens is 280 g/mol. The summed E-state index contributed by atoms with van der Waals surface area (Å²) in [7, 11) is 0. The van der Waals surface area contributed by atoms with Gasteiger partial charge in [0.2, 0.25) is 0 Å². The third-order valence-electron chi connectivity index (χ3n) is 2.91. The van der Waals surface area contributed by atoms with Gasteiger partial charge in [0, 0.05) is 6.08 Å². The van der Waals surface area contributed by atoms with Crippen molar-refractivity contribution in [3.63, 3.8) is 0 Å². The van der Waals surface area contributed by atoms with Crippen LogP contribution < -0.4 is 9.47 Å². The number of carboxylic acids is 1. The maximum Gasteiger partial charge on any atom is 0.328 e. The van der Waals surface area contributed by atoms with Gasteiger partial charge in [-0.25, -0.2) is 4.79 Å². The average Bonchev–Trinajstić information content (AvgIpc) is 2.51. The zero-order valence-electron chi connectivity index (χ0n) is 12.4. The predicted molar refractivity (Wildman–Crippen MR) is 85.3 cm³/mol. The Balaban J connectivity index is 1.76. The molecule has 0 unspecified atom stereocenters. The Morgan fingerprint density at radius 2 is 1.73 bits per heavy atom. The first-order chi connectivity index (χ1) is 10.6. The van der Waals surface area contributed by atoms with Crippen molar-refractivity contribution in [2.45, 2.75) is 6.92 Å². The molecule has 0 spiro atoms. The van der Waals surface area contributed by atoms with Gasteiger partial charge in [-0.1, -0.05) is 24.3 Å². The molecule has 22 heavy (non-hydrogen) atoms. The molecular formula is C18H18O4. The van der Waals surface area contributed by atoms with E-state index in [1.165, 1.54) is 6.08 Å². The molecule has 0 saturated heterocycles. The zero-order chi connectivity index (χ0) is 15.8. The number of aliphatic carboxylic acids is 1. The van der Waals surface area contributed by atoms with Gasteiger partial charge in [-0.2, -0.15) is 0 Å². The minimum Gasteiger partial charge on any atom is -0.490 e. The second-order valence-electron chi connectivity index (χ2n) is 4.75. The molecule has 1 N–H and O–H groups in total. The lowest BCUT2D eigenvalue weighted by atomic mass is 10.2. The fourth-order valence-corrected chi connectivity index (χ4v) is 1.87. The summed E-state index contributed by atoms with van der Waals surface area (Å²) >= 11 is 0. The predicted octanol–water partition coefficient (Wildman–Crippen LogP) is 3.55. The molecule has 0 aliphatic rings. The topological polar surface area (TPSA) is 55.8 Å². The smallest absolute Gasteiger partial charge is 0.328 e. The van der Waals surface area contributed by atoms with Crippen molar-refractivity contribution < 1.29 is 19.4 Å². The molecule has 0 radical (unpaired) electrons. The van der Waals surface area contributed by atoms with E-state index in [1.54, 1.807) is 24.3 Å². The maximum atomic E-state index is 10.4. The first-order valence-electron chi connectivity index (χ1n) is 6.97. The molecule has 0 heterocycles. The van der Waals surface area contributed by atoms with Gasteiger partial charge in [-0.15, -0.1) is 0 Å². The van der Waals surface area contributed by atoms with Crippen LogP contribution in [0.2, 0.25) is 0 Å². The summed E-state index contributed by atoms with van der Waals surface area (Å²) in [5.74, 6) is 0.590. The van der Waals surface area contributed by atoms with Crippen LogP contribution in [0.5, 0.6) is 11.5 Å². The molecule has 4 heteroatoms. The third-order valence-corrected chi connectivity index (χ3v) is 2.91. The molecule has 0 bridgehead atoms. The second-order valence-corrected chi connectivity index (χ2v) is 4.75. The number of rotatable bonds is 7. The van der Waals surface area contributed by atoms with Crippen molar-refractivity contribution in [1.82, 2.24) is 0 Å². The van der Waals surface area contributed by atoms with Crippen molar-refractivity contribution in [3.8, 4) is 11.5 Å². The lowest BCUT2D eigenvalue weighted by molar-refractivity contribution is -0.131. The highest BCUT2D eigenvalue weighted by Crippen LogP contribution is 2.14. The summed E-state index contributed by atoms with van der Waals surface area (Å²) in [6, 6.07) is 15.1. The van der Waals surface area contributed by atoms with E-state index in [9.17, 15) is 4.79 Å². The molecule has 0 aliphatic heterocycles. The summed E-state index contributed by atoms with van der Waals surface area (Å²) < 4.78 is 11.2. The highest BCUT2D eigenvalue weighted by molar-refractivity contribution is 5.85. The van der Waals surface area contributed by atoms with Crippen LogP contribution >= 0.6 is 0 Å². The molecule has 2 aromatic carbocycles. The molecule has 0 aromatic heterocycles. The first kappa shape index (κ1) is 15.6. The monoisotopic (exact) mass is 298 g/mol. The molecule has 2 rings (SSSR count). The highest BCUT2D eigenvalue weighted by atomic mass is 16.5. The van der Waals surface area contributed by atoms with Crippen LogP contribution in [0, 0.1) is 6.92 Å². The second kappa shape index (κ2) is 7.88. The third kappa shape index (κ3) is 5.32. The minimum absolute atomic E-state index is 0.443. The van der Waals surface area contributed by atoms with Crippen LogP contribution in [-0.2, 0) is 4.79 Å². The van der Waals surface area contributed by atoms with E-state index >= 15 is 0 Å². The van der Waals surface area contributed by atoms with Crippen LogP contribution in [0.4, 0.5) is 0 Å². The summed E-state index contributed by atoms with van der Waals surface area (Å²) in [6.07, 6.45) is 2.64. The SMILES string of the molecule is Cc1cccc(OCCOc2ccc(/C=C\C(=O)O)cc2)c1. The van der Waals surface area contributed by atoms with Gasteiger partial charge in [0.05, 0.1) is 0 Å². The van der Waals surface area contributed by atoms with Gasteiger partial charge in [-0.05, 0) is 48.4 Å².